The highest BCUT2D eigenvalue weighted by Crippen LogP contribution is 2.07. The van der Waals surface area contributed by atoms with E-state index in [0.29, 0.717) is 13.0 Å². The Labute approximate surface area is 97.5 Å². The van der Waals surface area contributed by atoms with Gasteiger partial charge in [0.25, 0.3) is 0 Å². The van der Waals surface area contributed by atoms with Gasteiger partial charge in [-0.1, -0.05) is 18.2 Å². The smallest absolute Gasteiger partial charge is 0.326 e. The molecule has 17 heavy (non-hydrogen) atoms. The molecule has 0 bridgehead atoms. The molecule has 5 heteroatoms. The lowest BCUT2D eigenvalue weighted by Gasteiger charge is -2.11. The quantitative estimate of drug-likeness (QED) is 0.643. The SMILES string of the molecule is O=CN[C@H](CC1=c2ccccc2=NC1)C(=O)O. The molecule has 0 fully saturated rings. The van der Waals surface area contributed by atoms with Crippen molar-refractivity contribution in [1.82, 2.24) is 5.32 Å². The third kappa shape index (κ3) is 2.33. The van der Waals surface area contributed by atoms with Crippen molar-refractivity contribution in [2.24, 2.45) is 4.99 Å². The molecule has 1 aliphatic rings. The predicted molar refractivity (Wildman–Crippen MR) is 60.7 cm³/mol. The molecular formula is C12H12N2O3. The molecule has 0 spiro atoms. The van der Waals surface area contributed by atoms with Gasteiger partial charge in [-0.25, -0.2) is 4.79 Å². The zero-order valence-corrected chi connectivity index (χ0v) is 9.09. The minimum atomic E-state index is -1.03. The molecule has 0 saturated heterocycles. The summed E-state index contributed by atoms with van der Waals surface area (Å²) < 4.78 is 0. The van der Waals surface area contributed by atoms with Gasteiger partial charge in [0, 0.05) is 11.6 Å². The maximum Gasteiger partial charge on any atom is 0.326 e. The van der Waals surface area contributed by atoms with Crippen LogP contribution in [0.5, 0.6) is 0 Å². The standard InChI is InChI=1S/C12H12N2O3/c15-7-14-11(12(16)17)5-8-6-13-10-4-2-1-3-9(8)10/h1-4,7,11H,5-6H2,(H,14,15)(H,16,17)/t11-/m1/s1. The first-order chi connectivity index (χ1) is 8.22. The van der Waals surface area contributed by atoms with Crippen molar-refractivity contribution in [1.29, 1.82) is 0 Å². The minimum absolute atomic E-state index is 0.286. The molecule has 2 N–H and O–H groups in total. The number of carboxylic acids is 1. The van der Waals surface area contributed by atoms with Gasteiger partial charge >= 0.3 is 5.97 Å². The van der Waals surface area contributed by atoms with Crippen LogP contribution in [0.4, 0.5) is 0 Å². The number of amides is 1. The van der Waals surface area contributed by atoms with Gasteiger partial charge in [0.05, 0.1) is 11.9 Å². The summed E-state index contributed by atoms with van der Waals surface area (Å²) >= 11 is 0. The number of rotatable bonds is 5. The van der Waals surface area contributed by atoms with Crippen molar-refractivity contribution >= 4 is 18.0 Å². The lowest BCUT2D eigenvalue weighted by Crippen LogP contribution is -2.37. The van der Waals surface area contributed by atoms with E-state index in [1.54, 1.807) is 0 Å². The summed E-state index contributed by atoms with van der Waals surface area (Å²) in [7, 11) is 0. The lowest BCUT2D eigenvalue weighted by molar-refractivity contribution is -0.140. The van der Waals surface area contributed by atoms with Crippen LogP contribution in [0.25, 0.3) is 5.57 Å². The molecule has 0 unspecified atom stereocenters. The van der Waals surface area contributed by atoms with Crippen molar-refractivity contribution in [2.75, 3.05) is 6.54 Å². The summed E-state index contributed by atoms with van der Waals surface area (Å²) in [6.45, 7) is 0.504. The number of aliphatic carboxylic acids is 1. The average Bonchev–Trinajstić information content (AvgIpc) is 2.72. The molecule has 2 rings (SSSR count). The Morgan fingerprint density at radius 2 is 2.29 bits per heavy atom. The summed E-state index contributed by atoms with van der Waals surface area (Å²) in [5.74, 6) is -1.03. The van der Waals surface area contributed by atoms with Gasteiger partial charge in [0.15, 0.2) is 0 Å². The molecule has 1 aromatic carbocycles. The van der Waals surface area contributed by atoms with E-state index in [9.17, 15) is 9.59 Å². The van der Waals surface area contributed by atoms with E-state index < -0.39 is 12.0 Å². The molecular weight excluding hydrogens is 220 g/mol. The van der Waals surface area contributed by atoms with Crippen LogP contribution < -0.4 is 15.9 Å². The number of hydrogen-bond acceptors (Lipinski definition) is 3. The Bertz CT molecular complexity index is 565. The normalized spacial score (nSPS) is 14.7. The monoisotopic (exact) mass is 232 g/mol. The van der Waals surface area contributed by atoms with Crippen LogP contribution in [-0.4, -0.2) is 30.1 Å². The van der Waals surface area contributed by atoms with Crippen molar-refractivity contribution in [3.8, 4) is 0 Å². The van der Waals surface area contributed by atoms with E-state index in [4.69, 9.17) is 5.11 Å². The first-order valence-electron chi connectivity index (χ1n) is 5.26. The molecule has 0 aromatic heterocycles. The number of hydrogen-bond donors (Lipinski definition) is 2. The fraction of sp³-hybridized carbons (Fsp3) is 0.250. The van der Waals surface area contributed by atoms with Crippen LogP contribution in [0, 0.1) is 0 Å². The second-order valence-corrected chi connectivity index (χ2v) is 3.82. The Kier molecular flexibility index (Phi) is 3.18. The van der Waals surface area contributed by atoms with Crippen LogP contribution in [-0.2, 0) is 9.59 Å². The maximum atomic E-state index is 10.9. The molecule has 88 valence electrons. The van der Waals surface area contributed by atoms with Crippen molar-refractivity contribution in [2.45, 2.75) is 12.5 Å². The Morgan fingerprint density at radius 1 is 1.53 bits per heavy atom. The fourth-order valence-electron chi connectivity index (χ4n) is 1.90. The van der Waals surface area contributed by atoms with Gasteiger partial charge in [0.2, 0.25) is 6.41 Å². The largest absolute Gasteiger partial charge is 0.480 e. The molecule has 0 saturated carbocycles. The topological polar surface area (TPSA) is 78.8 Å². The fourth-order valence-corrected chi connectivity index (χ4v) is 1.90. The summed E-state index contributed by atoms with van der Waals surface area (Å²) in [5.41, 5.74) is 0.947. The van der Waals surface area contributed by atoms with E-state index in [2.05, 4.69) is 10.3 Å². The Morgan fingerprint density at radius 3 is 3.00 bits per heavy atom. The lowest BCUT2D eigenvalue weighted by atomic mass is 10.0. The second-order valence-electron chi connectivity index (χ2n) is 3.82. The summed E-state index contributed by atoms with van der Waals surface area (Å²) in [6, 6.07) is 6.71. The summed E-state index contributed by atoms with van der Waals surface area (Å²) in [4.78, 5) is 25.6. The van der Waals surface area contributed by atoms with Crippen LogP contribution >= 0.6 is 0 Å². The molecule has 1 aliphatic heterocycles. The van der Waals surface area contributed by atoms with Gasteiger partial charge in [-0.15, -0.1) is 0 Å². The molecule has 1 aromatic rings. The maximum absolute atomic E-state index is 10.9. The second kappa shape index (κ2) is 4.78. The molecule has 0 aliphatic carbocycles. The van der Waals surface area contributed by atoms with E-state index in [1.165, 1.54) is 0 Å². The number of benzene rings is 1. The third-order valence-corrected chi connectivity index (χ3v) is 2.74. The Hall–Kier alpha value is -2.17. The van der Waals surface area contributed by atoms with Gasteiger partial charge < -0.3 is 10.4 Å². The van der Waals surface area contributed by atoms with Gasteiger partial charge in [-0.2, -0.15) is 0 Å². The molecule has 1 amide bonds. The van der Waals surface area contributed by atoms with Crippen LogP contribution in [0.3, 0.4) is 0 Å². The van der Waals surface area contributed by atoms with Crippen LogP contribution in [0.15, 0.2) is 29.3 Å². The molecule has 1 heterocycles. The first kappa shape index (κ1) is 11.3. The molecule has 5 nitrogen and oxygen atoms in total. The van der Waals surface area contributed by atoms with E-state index >= 15 is 0 Å². The number of carbonyl (C=O) groups excluding carboxylic acids is 1. The molecule has 0 radical (unpaired) electrons. The zero-order chi connectivity index (χ0) is 12.3. The minimum Gasteiger partial charge on any atom is -0.480 e. The summed E-state index contributed by atoms with van der Waals surface area (Å²) in [6.07, 6.45) is 0.700. The number of para-hydroxylation sites is 1. The number of carboxylic acid groups (broad SMARTS) is 1. The van der Waals surface area contributed by atoms with Crippen LogP contribution in [0.1, 0.15) is 6.42 Å². The highest BCUT2D eigenvalue weighted by atomic mass is 16.4. The van der Waals surface area contributed by atoms with Crippen molar-refractivity contribution < 1.29 is 14.7 Å². The zero-order valence-electron chi connectivity index (χ0n) is 9.09. The van der Waals surface area contributed by atoms with Gasteiger partial charge in [-0.3, -0.25) is 9.79 Å². The summed E-state index contributed by atoms with van der Waals surface area (Å²) in [5, 5.41) is 13.1. The number of fused-ring (bicyclic) bond motifs is 1. The van der Waals surface area contributed by atoms with Crippen molar-refractivity contribution in [3.05, 3.63) is 34.8 Å². The molecule has 1 atom stereocenters. The third-order valence-electron chi connectivity index (χ3n) is 2.74. The number of nitrogens with one attached hydrogen (secondary N) is 1. The number of nitrogens with zero attached hydrogens (tertiary/aromatic N) is 1. The highest BCUT2D eigenvalue weighted by molar-refractivity contribution is 5.78. The predicted octanol–water partition coefficient (Wildman–Crippen LogP) is -0.940. The first-order valence-corrected chi connectivity index (χ1v) is 5.26. The van der Waals surface area contributed by atoms with E-state index in [1.807, 2.05) is 24.3 Å². The highest BCUT2D eigenvalue weighted by Gasteiger charge is 2.19. The van der Waals surface area contributed by atoms with Gasteiger partial charge in [0.1, 0.15) is 6.04 Å². The van der Waals surface area contributed by atoms with E-state index in [0.717, 1.165) is 16.1 Å². The van der Waals surface area contributed by atoms with E-state index in [-0.39, 0.29) is 6.42 Å². The number of carbonyl (C=O) groups is 2. The van der Waals surface area contributed by atoms with Crippen molar-refractivity contribution in [3.63, 3.8) is 0 Å². The Balaban J connectivity index is 2.29. The van der Waals surface area contributed by atoms with Crippen LogP contribution in [0.2, 0.25) is 0 Å². The van der Waals surface area contributed by atoms with Gasteiger partial charge in [-0.05, 0) is 11.6 Å². The average molecular weight is 232 g/mol.